The monoisotopic (exact) mass is 317 g/mol. The standard InChI is InChI=1S/C13H19NO4S2/c1-18-12-4-3-11(10-15)9-13(12)20(16,17)14-5-2-7-19-8-6-14/h3-4,9,15H,2,5-8,10H2,1H3. The molecule has 0 spiro atoms. The van der Waals surface area contributed by atoms with Gasteiger partial charge < -0.3 is 9.84 Å². The zero-order chi connectivity index (χ0) is 14.6. The van der Waals surface area contributed by atoms with Gasteiger partial charge in [-0.25, -0.2) is 8.42 Å². The molecule has 1 aromatic carbocycles. The molecule has 1 heterocycles. The number of ether oxygens (including phenoxy) is 1. The van der Waals surface area contributed by atoms with Gasteiger partial charge >= 0.3 is 0 Å². The molecule has 0 radical (unpaired) electrons. The molecule has 20 heavy (non-hydrogen) atoms. The Labute approximate surface area is 124 Å². The van der Waals surface area contributed by atoms with Gasteiger partial charge in [-0.05, 0) is 29.9 Å². The molecule has 1 aliphatic rings. The second-order valence-electron chi connectivity index (χ2n) is 4.51. The summed E-state index contributed by atoms with van der Waals surface area (Å²) in [6, 6.07) is 4.74. The maximum absolute atomic E-state index is 12.7. The summed E-state index contributed by atoms with van der Waals surface area (Å²) < 4.78 is 32.2. The molecule has 5 nitrogen and oxygen atoms in total. The first-order valence-electron chi connectivity index (χ1n) is 6.45. The number of methoxy groups -OCH3 is 1. The molecule has 7 heteroatoms. The number of hydrogen-bond acceptors (Lipinski definition) is 5. The highest BCUT2D eigenvalue weighted by Gasteiger charge is 2.28. The van der Waals surface area contributed by atoms with Crippen molar-refractivity contribution < 1.29 is 18.3 Å². The minimum atomic E-state index is -3.58. The van der Waals surface area contributed by atoms with Crippen LogP contribution in [-0.4, -0.2) is 49.5 Å². The highest BCUT2D eigenvalue weighted by molar-refractivity contribution is 7.99. The summed E-state index contributed by atoms with van der Waals surface area (Å²) in [7, 11) is -2.13. The molecule has 1 aromatic rings. The quantitative estimate of drug-likeness (QED) is 0.907. The molecular formula is C13H19NO4S2. The van der Waals surface area contributed by atoms with Crippen LogP contribution in [0.5, 0.6) is 5.75 Å². The molecule has 0 saturated carbocycles. The topological polar surface area (TPSA) is 66.8 Å². The van der Waals surface area contributed by atoms with Crippen LogP contribution in [0.25, 0.3) is 0 Å². The lowest BCUT2D eigenvalue weighted by atomic mass is 10.2. The first kappa shape index (κ1) is 15.6. The summed E-state index contributed by atoms with van der Waals surface area (Å²) in [5.41, 5.74) is 0.563. The number of rotatable bonds is 4. The predicted molar refractivity (Wildman–Crippen MR) is 79.6 cm³/mol. The number of benzene rings is 1. The Morgan fingerprint density at radius 2 is 2.15 bits per heavy atom. The van der Waals surface area contributed by atoms with Crippen molar-refractivity contribution in [2.24, 2.45) is 0 Å². The van der Waals surface area contributed by atoms with Crippen molar-refractivity contribution in [1.82, 2.24) is 4.31 Å². The fourth-order valence-electron chi connectivity index (χ4n) is 2.12. The maximum Gasteiger partial charge on any atom is 0.246 e. The second kappa shape index (κ2) is 6.80. The Hall–Kier alpha value is -0.760. The number of hydrogen-bond donors (Lipinski definition) is 1. The van der Waals surface area contributed by atoms with E-state index in [1.165, 1.54) is 17.5 Å². The lowest BCUT2D eigenvalue weighted by molar-refractivity contribution is 0.281. The van der Waals surface area contributed by atoms with Crippen LogP contribution >= 0.6 is 11.8 Å². The lowest BCUT2D eigenvalue weighted by Crippen LogP contribution is -2.33. The number of nitrogens with zero attached hydrogens (tertiary/aromatic N) is 1. The van der Waals surface area contributed by atoms with E-state index in [1.54, 1.807) is 23.9 Å². The summed E-state index contributed by atoms with van der Waals surface area (Å²) in [4.78, 5) is 0.137. The Balaban J connectivity index is 2.41. The van der Waals surface area contributed by atoms with Crippen molar-refractivity contribution in [3.8, 4) is 5.75 Å². The van der Waals surface area contributed by atoms with Gasteiger partial charge in [0.1, 0.15) is 10.6 Å². The van der Waals surface area contributed by atoms with E-state index in [-0.39, 0.29) is 11.5 Å². The van der Waals surface area contributed by atoms with E-state index in [0.29, 0.717) is 24.4 Å². The van der Waals surface area contributed by atoms with Crippen LogP contribution < -0.4 is 4.74 Å². The SMILES string of the molecule is COc1ccc(CO)cc1S(=O)(=O)N1CCCSCC1. The van der Waals surface area contributed by atoms with E-state index in [1.807, 2.05) is 0 Å². The number of sulfonamides is 1. The Morgan fingerprint density at radius 3 is 2.85 bits per heavy atom. The molecule has 1 saturated heterocycles. The van der Waals surface area contributed by atoms with Gasteiger partial charge in [0.05, 0.1) is 13.7 Å². The van der Waals surface area contributed by atoms with Gasteiger partial charge in [0.15, 0.2) is 0 Å². The summed E-state index contributed by atoms with van der Waals surface area (Å²) >= 11 is 1.77. The molecule has 0 unspecified atom stereocenters. The van der Waals surface area contributed by atoms with Gasteiger partial charge in [0.2, 0.25) is 10.0 Å². The first-order chi connectivity index (χ1) is 9.59. The van der Waals surface area contributed by atoms with Crippen LogP contribution in [0.2, 0.25) is 0 Å². The van der Waals surface area contributed by atoms with Crippen molar-refractivity contribution in [2.45, 2.75) is 17.9 Å². The first-order valence-corrected chi connectivity index (χ1v) is 9.04. The van der Waals surface area contributed by atoms with E-state index >= 15 is 0 Å². The molecule has 0 aliphatic carbocycles. The molecular weight excluding hydrogens is 298 g/mol. The third-order valence-corrected chi connectivity index (χ3v) is 6.18. The Bertz CT molecular complexity index is 551. The molecule has 0 bridgehead atoms. The van der Waals surface area contributed by atoms with Gasteiger partial charge in [0.25, 0.3) is 0 Å². The Kier molecular flexibility index (Phi) is 5.31. The van der Waals surface area contributed by atoms with Crippen LogP contribution in [0.1, 0.15) is 12.0 Å². The van der Waals surface area contributed by atoms with E-state index in [9.17, 15) is 13.5 Å². The largest absolute Gasteiger partial charge is 0.495 e. The fourth-order valence-corrected chi connectivity index (χ4v) is 4.81. The van der Waals surface area contributed by atoms with E-state index in [4.69, 9.17) is 4.74 Å². The van der Waals surface area contributed by atoms with Crippen molar-refractivity contribution in [1.29, 1.82) is 0 Å². The highest BCUT2D eigenvalue weighted by atomic mass is 32.2. The summed E-state index contributed by atoms with van der Waals surface area (Å²) in [5.74, 6) is 2.11. The normalized spacial score (nSPS) is 17.7. The highest BCUT2D eigenvalue weighted by Crippen LogP contribution is 2.29. The lowest BCUT2D eigenvalue weighted by Gasteiger charge is -2.21. The molecule has 2 rings (SSSR count). The Morgan fingerprint density at radius 1 is 1.35 bits per heavy atom. The average Bonchev–Trinajstić information content (AvgIpc) is 2.76. The van der Waals surface area contributed by atoms with Crippen LogP contribution in [0.4, 0.5) is 0 Å². The van der Waals surface area contributed by atoms with Gasteiger partial charge in [-0.1, -0.05) is 6.07 Å². The third kappa shape index (κ3) is 3.28. The maximum atomic E-state index is 12.7. The van der Waals surface area contributed by atoms with Crippen LogP contribution in [0.15, 0.2) is 23.1 Å². The summed E-state index contributed by atoms with van der Waals surface area (Å²) in [6.07, 6.45) is 0.853. The van der Waals surface area contributed by atoms with Gasteiger partial charge in [-0.2, -0.15) is 16.1 Å². The van der Waals surface area contributed by atoms with Crippen LogP contribution in [0, 0.1) is 0 Å². The predicted octanol–water partition coefficient (Wildman–Crippen LogP) is 1.32. The zero-order valence-corrected chi connectivity index (χ0v) is 13.0. The molecule has 0 atom stereocenters. The van der Waals surface area contributed by atoms with Crippen LogP contribution in [-0.2, 0) is 16.6 Å². The zero-order valence-electron chi connectivity index (χ0n) is 11.4. The number of aliphatic hydroxyl groups excluding tert-OH is 1. The molecule has 0 aromatic heterocycles. The summed E-state index contributed by atoms with van der Waals surface area (Å²) in [6.45, 7) is 0.851. The van der Waals surface area contributed by atoms with Crippen molar-refractivity contribution in [3.05, 3.63) is 23.8 Å². The minimum Gasteiger partial charge on any atom is -0.495 e. The van der Waals surface area contributed by atoms with E-state index in [0.717, 1.165) is 17.9 Å². The number of thioether (sulfide) groups is 1. The average molecular weight is 317 g/mol. The molecule has 112 valence electrons. The van der Waals surface area contributed by atoms with E-state index < -0.39 is 10.0 Å². The molecule has 1 aliphatic heterocycles. The van der Waals surface area contributed by atoms with Gasteiger partial charge in [-0.15, -0.1) is 0 Å². The fraction of sp³-hybridized carbons (Fsp3) is 0.538. The molecule has 1 fully saturated rings. The van der Waals surface area contributed by atoms with Gasteiger partial charge in [-0.3, -0.25) is 0 Å². The van der Waals surface area contributed by atoms with Crippen molar-refractivity contribution in [3.63, 3.8) is 0 Å². The molecule has 1 N–H and O–H groups in total. The van der Waals surface area contributed by atoms with Crippen molar-refractivity contribution in [2.75, 3.05) is 31.7 Å². The smallest absolute Gasteiger partial charge is 0.246 e. The van der Waals surface area contributed by atoms with Gasteiger partial charge in [0, 0.05) is 18.8 Å². The minimum absolute atomic E-state index is 0.137. The summed E-state index contributed by atoms with van der Waals surface area (Å²) in [5, 5.41) is 9.19. The van der Waals surface area contributed by atoms with Crippen LogP contribution in [0.3, 0.4) is 0 Å². The van der Waals surface area contributed by atoms with E-state index in [2.05, 4.69) is 0 Å². The molecule has 0 amide bonds. The number of aliphatic hydroxyl groups is 1. The third-order valence-electron chi connectivity index (χ3n) is 3.21. The van der Waals surface area contributed by atoms with Crippen molar-refractivity contribution >= 4 is 21.8 Å². The second-order valence-corrected chi connectivity index (χ2v) is 7.64.